The summed E-state index contributed by atoms with van der Waals surface area (Å²) in [5, 5.41) is 3.26. The molecule has 0 saturated carbocycles. The Morgan fingerprint density at radius 2 is 1.81 bits per heavy atom. The van der Waals surface area contributed by atoms with Gasteiger partial charge in [-0.15, -0.1) is 0 Å². The summed E-state index contributed by atoms with van der Waals surface area (Å²) in [6.45, 7) is 2.54. The van der Waals surface area contributed by atoms with Gasteiger partial charge >= 0.3 is 6.18 Å². The van der Waals surface area contributed by atoms with Gasteiger partial charge < -0.3 is 10.2 Å². The first kappa shape index (κ1) is 15.8. The Morgan fingerprint density at radius 3 is 2.33 bits per heavy atom. The van der Waals surface area contributed by atoms with E-state index in [4.69, 9.17) is 0 Å². The third kappa shape index (κ3) is 4.20. The van der Waals surface area contributed by atoms with Crippen LogP contribution < -0.4 is 5.32 Å². The lowest BCUT2D eigenvalue weighted by Gasteiger charge is -2.27. The number of carbonyl (C=O) groups is 1. The summed E-state index contributed by atoms with van der Waals surface area (Å²) >= 11 is 0. The highest BCUT2D eigenvalue weighted by molar-refractivity contribution is 5.94. The van der Waals surface area contributed by atoms with Gasteiger partial charge in [0.1, 0.15) is 0 Å². The van der Waals surface area contributed by atoms with Crippen LogP contribution in [0.25, 0.3) is 0 Å². The van der Waals surface area contributed by atoms with Gasteiger partial charge in [0.25, 0.3) is 5.91 Å². The monoisotopic (exact) mass is 300 g/mol. The first-order chi connectivity index (χ1) is 9.88. The molecule has 0 unspecified atom stereocenters. The van der Waals surface area contributed by atoms with Crippen LogP contribution in [0.3, 0.4) is 0 Å². The molecule has 1 aliphatic rings. The third-order valence-electron chi connectivity index (χ3n) is 3.80. The summed E-state index contributed by atoms with van der Waals surface area (Å²) in [6.07, 6.45) is -2.34. The SMILES string of the molecule is CN(CC1CCNCC1)C(=O)c1ccc(C(F)(F)F)cc1. The quantitative estimate of drug-likeness (QED) is 0.931. The first-order valence-corrected chi connectivity index (χ1v) is 7.01. The van der Waals surface area contributed by atoms with Crippen molar-refractivity contribution in [1.82, 2.24) is 10.2 Å². The maximum atomic E-state index is 12.5. The molecule has 1 aromatic carbocycles. The van der Waals surface area contributed by atoms with Gasteiger partial charge in [-0.05, 0) is 56.1 Å². The van der Waals surface area contributed by atoms with Crippen LogP contribution >= 0.6 is 0 Å². The largest absolute Gasteiger partial charge is 0.416 e. The van der Waals surface area contributed by atoms with Crippen molar-refractivity contribution in [2.75, 3.05) is 26.7 Å². The van der Waals surface area contributed by atoms with Gasteiger partial charge in [-0.1, -0.05) is 0 Å². The number of nitrogens with one attached hydrogen (secondary N) is 1. The van der Waals surface area contributed by atoms with E-state index >= 15 is 0 Å². The molecule has 0 spiro atoms. The molecule has 0 aromatic heterocycles. The molecule has 2 rings (SSSR count). The highest BCUT2D eigenvalue weighted by Gasteiger charge is 2.30. The summed E-state index contributed by atoms with van der Waals surface area (Å²) in [5.41, 5.74) is -0.445. The summed E-state index contributed by atoms with van der Waals surface area (Å²) in [7, 11) is 1.70. The van der Waals surface area contributed by atoms with Crippen molar-refractivity contribution in [3.8, 4) is 0 Å². The maximum Gasteiger partial charge on any atom is 0.416 e. The molecule has 0 radical (unpaired) electrons. The predicted octanol–water partition coefficient (Wildman–Crippen LogP) is 2.78. The number of rotatable bonds is 3. The Morgan fingerprint density at radius 1 is 1.24 bits per heavy atom. The molecule has 6 heteroatoms. The minimum atomic E-state index is -4.37. The van der Waals surface area contributed by atoms with Crippen LogP contribution in [0.2, 0.25) is 0 Å². The molecule has 21 heavy (non-hydrogen) atoms. The Bertz CT molecular complexity index is 479. The van der Waals surface area contributed by atoms with Crippen molar-refractivity contribution in [2.45, 2.75) is 19.0 Å². The van der Waals surface area contributed by atoms with Crippen LogP contribution in [-0.2, 0) is 6.18 Å². The van der Waals surface area contributed by atoms with Crippen LogP contribution in [-0.4, -0.2) is 37.5 Å². The van der Waals surface area contributed by atoms with Gasteiger partial charge in [0, 0.05) is 19.2 Å². The van der Waals surface area contributed by atoms with Crippen LogP contribution in [0.1, 0.15) is 28.8 Å². The first-order valence-electron chi connectivity index (χ1n) is 7.01. The summed E-state index contributed by atoms with van der Waals surface area (Å²) < 4.78 is 37.5. The minimum Gasteiger partial charge on any atom is -0.341 e. The maximum absolute atomic E-state index is 12.5. The minimum absolute atomic E-state index is 0.234. The smallest absolute Gasteiger partial charge is 0.341 e. The number of alkyl halides is 3. The van der Waals surface area contributed by atoms with E-state index in [0.29, 0.717) is 18.0 Å². The normalized spacial score (nSPS) is 16.8. The number of carbonyl (C=O) groups excluding carboxylic acids is 1. The Labute approximate surface area is 122 Å². The van der Waals surface area contributed by atoms with Crippen LogP contribution in [0.5, 0.6) is 0 Å². The average molecular weight is 300 g/mol. The fourth-order valence-electron chi connectivity index (χ4n) is 2.56. The fraction of sp³-hybridized carbons (Fsp3) is 0.533. The van der Waals surface area contributed by atoms with Crippen molar-refractivity contribution in [2.24, 2.45) is 5.92 Å². The lowest BCUT2D eigenvalue weighted by molar-refractivity contribution is -0.137. The molecule has 3 nitrogen and oxygen atoms in total. The Hall–Kier alpha value is -1.56. The summed E-state index contributed by atoms with van der Waals surface area (Å²) in [4.78, 5) is 13.8. The number of hydrogen-bond donors (Lipinski definition) is 1. The molecular formula is C15H19F3N2O. The zero-order valence-corrected chi connectivity index (χ0v) is 11.9. The highest BCUT2D eigenvalue weighted by atomic mass is 19.4. The molecular weight excluding hydrogens is 281 g/mol. The average Bonchev–Trinajstić information content (AvgIpc) is 2.46. The van der Waals surface area contributed by atoms with E-state index in [0.717, 1.165) is 38.1 Å². The standard InChI is InChI=1S/C15H19F3N2O/c1-20(10-11-6-8-19-9-7-11)14(21)12-2-4-13(5-3-12)15(16,17)18/h2-5,11,19H,6-10H2,1H3. The van der Waals surface area contributed by atoms with Crippen molar-refractivity contribution in [1.29, 1.82) is 0 Å². The molecule has 1 aliphatic heterocycles. The number of piperidine rings is 1. The Kier molecular flexibility index (Phi) is 4.88. The zero-order chi connectivity index (χ0) is 15.5. The molecule has 0 aliphatic carbocycles. The zero-order valence-electron chi connectivity index (χ0n) is 11.9. The molecule has 1 N–H and O–H groups in total. The molecule has 1 heterocycles. The predicted molar refractivity (Wildman–Crippen MR) is 74.0 cm³/mol. The van der Waals surface area contributed by atoms with Crippen LogP contribution in [0, 0.1) is 5.92 Å². The van der Waals surface area contributed by atoms with Gasteiger partial charge in [-0.3, -0.25) is 4.79 Å². The number of halogens is 3. The number of amides is 1. The van der Waals surface area contributed by atoms with Gasteiger partial charge in [0.15, 0.2) is 0 Å². The van der Waals surface area contributed by atoms with E-state index in [1.165, 1.54) is 12.1 Å². The summed E-state index contributed by atoms with van der Waals surface area (Å²) in [5.74, 6) is 0.219. The lowest BCUT2D eigenvalue weighted by Crippen LogP contribution is -2.37. The van der Waals surface area contributed by atoms with Crippen molar-refractivity contribution < 1.29 is 18.0 Å². The van der Waals surface area contributed by atoms with E-state index in [-0.39, 0.29) is 5.91 Å². The van der Waals surface area contributed by atoms with Gasteiger partial charge in [0.05, 0.1) is 5.56 Å². The van der Waals surface area contributed by atoms with E-state index < -0.39 is 11.7 Å². The molecule has 1 amide bonds. The van der Waals surface area contributed by atoms with E-state index in [1.807, 2.05) is 0 Å². The molecule has 1 saturated heterocycles. The topological polar surface area (TPSA) is 32.3 Å². The summed E-state index contributed by atoms with van der Waals surface area (Å²) in [6, 6.07) is 4.38. The highest BCUT2D eigenvalue weighted by Crippen LogP contribution is 2.29. The lowest BCUT2D eigenvalue weighted by atomic mass is 9.97. The Balaban J connectivity index is 1.98. The number of benzene rings is 1. The van der Waals surface area contributed by atoms with Crippen molar-refractivity contribution >= 4 is 5.91 Å². The van der Waals surface area contributed by atoms with E-state index in [2.05, 4.69) is 5.32 Å². The molecule has 1 fully saturated rings. The second kappa shape index (κ2) is 6.47. The number of nitrogens with zero attached hydrogens (tertiary/aromatic N) is 1. The van der Waals surface area contributed by atoms with Crippen LogP contribution in [0.15, 0.2) is 24.3 Å². The second-order valence-corrected chi connectivity index (χ2v) is 5.45. The second-order valence-electron chi connectivity index (χ2n) is 5.45. The van der Waals surface area contributed by atoms with Gasteiger partial charge in [-0.25, -0.2) is 0 Å². The van der Waals surface area contributed by atoms with E-state index in [9.17, 15) is 18.0 Å². The fourth-order valence-corrected chi connectivity index (χ4v) is 2.56. The van der Waals surface area contributed by atoms with Crippen molar-refractivity contribution in [3.63, 3.8) is 0 Å². The molecule has 0 atom stereocenters. The molecule has 1 aromatic rings. The number of hydrogen-bond acceptors (Lipinski definition) is 2. The van der Waals surface area contributed by atoms with Gasteiger partial charge in [-0.2, -0.15) is 13.2 Å². The van der Waals surface area contributed by atoms with Crippen LogP contribution in [0.4, 0.5) is 13.2 Å². The molecule has 116 valence electrons. The van der Waals surface area contributed by atoms with Crippen molar-refractivity contribution in [3.05, 3.63) is 35.4 Å². The van der Waals surface area contributed by atoms with Gasteiger partial charge in [0.2, 0.25) is 0 Å². The molecule has 0 bridgehead atoms. The third-order valence-corrected chi connectivity index (χ3v) is 3.80. The van der Waals surface area contributed by atoms with E-state index in [1.54, 1.807) is 11.9 Å².